The standard InChI is InChI=1S/C20H21N9O/c1-28(11-18(30)24-13-8-23-29(2)10-13)20-14-4-3-5-15(14)25-19(26-20)16-6-12-7-22-27-17(12)9-21-16/h6-10H,3-5,11H2,1-2H3,(H,22,27)(H,24,30). The molecule has 1 aliphatic rings. The van der Waals surface area contributed by atoms with E-state index in [9.17, 15) is 4.79 Å². The van der Waals surface area contributed by atoms with Crippen molar-refractivity contribution in [1.29, 1.82) is 0 Å². The van der Waals surface area contributed by atoms with Crippen molar-refractivity contribution < 1.29 is 4.79 Å². The van der Waals surface area contributed by atoms with Crippen molar-refractivity contribution in [3.05, 3.63) is 42.1 Å². The lowest BCUT2D eigenvalue weighted by Crippen LogP contribution is -2.31. The average molecular weight is 403 g/mol. The minimum absolute atomic E-state index is 0.129. The molecule has 0 bridgehead atoms. The van der Waals surface area contributed by atoms with Gasteiger partial charge in [-0.2, -0.15) is 10.2 Å². The van der Waals surface area contributed by atoms with Gasteiger partial charge >= 0.3 is 0 Å². The van der Waals surface area contributed by atoms with Crippen molar-refractivity contribution in [2.75, 3.05) is 23.8 Å². The molecule has 0 saturated carbocycles. The first-order valence-corrected chi connectivity index (χ1v) is 9.76. The van der Waals surface area contributed by atoms with E-state index < -0.39 is 0 Å². The van der Waals surface area contributed by atoms with Gasteiger partial charge in [0.05, 0.1) is 36.3 Å². The van der Waals surface area contributed by atoms with E-state index in [0.29, 0.717) is 17.2 Å². The van der Waals surface area contributed by atoms with Crippen LogP contribution in [0.4, 0.5) is 11.5 Å². The second-order valence-electron chi connectivity index (χ2n) is 7.48. The molecule has 4 aromatic rings. The highest BCUT2D eigenvalue weighted by Crippen LogP contribution is 2.31. The molecule has 0 aliphatic heterocycles. The largest absolute Gasteiger partial charge is 0.350 e. The van der Waals surface area contributed by atoms with Gasteiger partial charge in [-0.25, -0.2) is 9.97 Å². The van der Waals surface area contributed by atoms with Crippen molar-refractivity contribution >= 4 is 28.3 Å². The van der Waals surface area contributed by atoms with Gasteiger partial charge in [0, 0.05) is 36.9 Å². The molecule has 1 amide bonds. The number of fused-ring (bicyclic) bond motifs is 2. The molecule has 10 nitrogen and oxygen atoms in total. The third-order valence-corrected chi connectivity index (χ3v) is 5.20. The van der Waals surface area contributed by atoms with E-state index in [4.69, 9.17) is 9.97 Å². The summed E-state index contributed by atoms with van der Waals surface area (Å²) in [5.41, 5.74) is 4.36. The van der Waals surface area contributed by atoms with E-state index in [0.717, 1.165) is 47.2 Å². The maximum atomic E-state index is 12.5. The van der Waals surface area contributed by atoms with E-state index in [2.05, 4.69) is 25.6 Å². The summed E-state index contributed by atoms with van der Waals surface area (Å²) in [5.74, 6) is 1.21. The Kier molecular flexibility index (Phi) is 4.38. The number of carbonyl (C=O) groups excluding carboxylic acids is 1. The maximum absolute atomic E-state index is 12.5. The van der Waals surface area contributed by atoms with Crippen LogP contribution in [0.1, 0.15) is 17.7 Å². The number of hydrogen-bond acceptors (Lipinski definition) is 7. The monoisotopic (exact) mass is 403 g/mol. The molecule has 4 aromatic heterocycles. The van der Waals surface area contributed by atoms with Crippen molar-refractivity contribution in [2.24, 2.45) is 7.05 Å². The third kappa shape index (κ3) is 3.36. The second kappa shape index (κ2) is 7.21. The van der Waals surface area contributed by atoms with Crippen LogP contribution in [0.3, 0.4) is 0 Å². The van der Waals surface area contributed by atoms with E-state index in [-0.39, 0.29) is 12.5 Å². The lowest BCUT2D eigenvalue weighted by Gasteiger charge is -2.21. The Morgan fingerprint density at radius 2 is 2.17 bits per heavy atom. The summed E-state index contributed by atoms with van der Waals surface area (Å²) in [6.45, 7) is 0.173. The van der Waals surface area contributed by atoms with Gasteiger partial charge in [0.2, 0.25) is 5.91 Å². The van der Waals surface area contributed by atoms with Crippen molar-refractivity contribution in [2.45, 2.75) is 19.3 Å². The van der Waals surface area contributed by atoms with Gasteiger partial charge in [-0.1, -0.05) is 0 Å². The lowest BCUT2D eigenvalue weighted by molar-refractivity contribution is -0.114. The average Bonchev–Trinajstić information content (AvgIpc) is 3.46. The van der Waals surface area contributed by atoms with Crippen LogP contribution in [0.15, 0.2) is 30.9 Å². The van der Waals surface area contributed by atoms with Gasteiger partial charge in [-0.3, -0.25) is 19.6 Å². The highest BCUT2D eigenvalue weighted by Gasteiger charge is 2.23. The molecule has 0 aromatic carbocycles. The number of carbonyl (C=O) groups is 1. The van der Waals surface area contributed by atoms with E-state index in [1.807, 2.05) is 25.1 Å². The second-order valence-corrected chi connectivity index (χ2v) is 7.48. The molecule has 10 heteroatoms. The number of nitrogens with zero attached hydrogens (tertiary/aromatic N) is 7. The summed E-state index contributed by atoms with van der Waals surface area (Å²) >= 11 is 0. The number of hydrogen-bond donors (Lipinski definition) is 2. The van der Waals surface area contributed by atoms with Crippen molar-refractivity contribution in [3.63, 3.8) is 0 Å². The fourth-order valence-electron chi connectivity index (χ4n) is 3.78. The van der Waals surface area contributed by atoms with Crippen LogP contribution in [0.5, 0.6) is 0 Å². The number of anilines is 2. The normalized spacial score (nSPS) is 12.9. The molecule has 4 heterocycles. The molecule has 0 atom stereocenters. The highest BCUT2D eigenvalue weighted by atomic mass is 16.2. The Morgan fingerprint density at radius 1 is 1.27 bits per heavy atom. The predicted octanol–water partition coefficient (Wildman–Crippen LogP) is 1.71. The number of rotatable bonds is 5. The molecule has 2 N–H and O–H groups in total. The van der Waals surface area contributed by atoms with Gasteiger partial charge in [-0.05, 0) is 25.3 Å². The van der Waals surface area contributed by atoms with Gasteiger partial charge in [0.25, 0.3) is 0 Å². The molecule has 0 radical (unpaired) electrons. The number of likely N-dealkylation sites (N-methyl/N-ethyl adjacent to an activating group) is 1. The summed E-state index contributed by atoms with van der Waals surface area (Å²) in [4.78, 5) is 28.4. The van der Waals surface area contributed by atoms with Gasteiger partial charge in [0.15, 0.2) is 5.82 Å². The van der Waals surface area contributed by atoms with E-state index >= 15 is 0 Å². The minimum Gasteiger partial charge on any atom is -0.350 e. The Balaban J connectivity index is 1.44. The molecule has 0 spiro atoms. The summed E-state index contributed by atoms with van der Waals surface area (Å²) in [7, 11) is 3.68. The topological polar surface area (TPSA) is 118 Å². The molecule has 30 heavy (non-hydrogen) atoms. The molecule has 5 rings (SSSR count). The number of aryl methyl sites for hydroxylation is 2. The smallest absolute Gasteiger partial charge is 0.244 e. The van der Waals surface area contributed by atoms with Crippen LogP contribution >= 0.6 is 0 Å². The zero-order valence-corrected chi connectivity index (χ0v) is 16.8. The van der Waals surface area contributed by atoms with Crippen LogP contribution < -0.4 is 10.2 Å². The van der Waals surface area contributed by atoms with Gasteiger partial charge < -0.3 is 10.2 Å². The van der Waals surface area contributed by atoms with Crippen molar-refractivity contribution in [1.82, 2.24) is 34.9 Å². The molecule has 0 unspecified atom stereocenters. The summed E-state index contributed by atoms with van der Waals surface area (Å²) < 4.78 is 1.65. The SMILES string of the molecule is CN(CC(=O)Nc1cnn(C)c1)c1nc(-c2cc3cn[nH]c3cn2)nc2c1CCC2. The molecular formula is C20H21N9O. The number of nitrogens with one attached hydrogen (secondary N) is 2. The predicted molar refractivity (Wildman–Crippen MR) is 112 cm³/mol. The minimum atomic E-state index is -0.129. The molecule has 0 saturated heterocycles. The Labute approximate surface area is 172 Å². The number of pyridine rings is 1. The fourth-order valence-corrected chi connectivity index (χ4v) is 3.78. The Morgan fingerprint density at radius 3 is 3.00 bits per heavy atom. The highest BCUT2D eigenvalue weighted by molar-refractivity contribution is 5.93. The first kappa shape index (κ1) is 18.2. The number of aromatic nitrogens is 7. The van der Waals surface area contributed by atoms with Crippen LogP contribution in [0, 0.1) is 0 Å². The van der Waals surface area contributed by atoms with Gasteiger partial charge in [-0.15, -0.1) is 0 Å². The Hall–Kier alpha value is -3.82. The first-order valence-electron chi connectivity index (χ1n) is 9.76. The number of aromatic amines is 1. The summed E-state index contributed by atoms with van der Waals surface area (Å²) in [6, 6.07) is 1.93. The summed E-state index contributed by atoms with van der Waals surface area (Å²) in [6.07, 6.45) is 9.72. The first-order chi connectivity index (χ1) is 14.6. The number of H-pyrrole nitrogens is 1. The van der Waals surface area contributed by atoms with E-state index in [1.54, 1.807) is 29.5 Å². The third-order valence-electron chi connectivity index (χ3n) is 5.20. The fraction of sp³-hybridized carbons (Fsp3) is 0.300. The van der Waals surface area contributed by atoms with Crippen LogP contribution in [0.25, 0.3) is 22.4 Å². The number of amides is 1. The summed E-state index contributed by atoms with van der Waals surface area (Å²) in [5, 5.41) is 14.8. The van der Waals surface area contributed by atoms with Crippen LogP contribution in [-0.2, 0) is 24.7 Å². The lowest BCUT2D eigenvalue weighted by atomic mass is 10.2. The van der Waals surface area contributed by atoms with Gasteiger partial charge in [0.1, 0.15) is 11.5 Å². The van der Waals surface area contributed by atoms with E-state index in [1.165, 1.54) is 0 Å². The quantitative estimate of drug-likeness (QED) is 0.521. The van der Waals surface area contributed by atoms with Crippen molar-refractivity contribution in [3.8, 4) is 11.5 Å². The Bertz CT molecular complexity index is 1240. The zero-order valence-electron chi connectivity index (χ0n) is 16.8. The zero-order chi connectivity index (χ0) is 20.7. The van der Waals surface area contributed by atoms with Crippen LogP contribution in [0.2, 0.25) is 0 Å². The van der Waals surface area contributed by atoms with Crippen LogP contribution in [-0.4, -0.2) is 54.4 Å². The maximum Gasteiger partial charge on any atom is 0.244 e. The molecular weight excluding hydrogens is 382 g/mol. The molecule has 0 fully saturated rings. The molecule has 1 aliphatic carbocycles. The molecule has 152 valence electrons.